The van der Waals surface area contributed by atoms with Gasteiger partial charge >= 0.3 is 0 Å². The predicted octanol–water partition coefficient (Wildman–Crippen LogP) is 3.34. The minimum absolute atomic E-state index is 0.0321. The number of nitrogens with one attached hydrogen (secondary N) is 1. The monoisotopic (exact) mass is 462 g/mol. The van der Waals surface area contributed by atoms with E-state index in [1.165, 1.54) is 4.90 Å². The summed E-state index contributed by atoms with van der Waals surface area (Å²) in [6.07, 6.45) is 0.427. The molecule has 3 aromatic rings. The van der Waals surface area contributed by atoms with Gasteiger partial charge in [0.1, 0.15) is 17.5 Å². The lowest BCUT2D eigenvalue weighted by molar-refractivity contribution is -0.143. The van der Waals surface area contributed by atoms with Crippen LogP contribution in [0.5, 0.6) is 11.5 Å². The Morgan fingerprint density at radius 1 is 0.912 bits per heavy atom. The topological polar surface area (TPSA) is 88.1 Å². The largest absolute Gasteiger partial charge is 0.497 e. The lowest BCUT2D eigenvalue weighted by Gasteiger charge is -2.31. The SMILES string of the molecule is COc1ccc(CN(C(=O)COc2ccccc2)[C@H](C(=O)NCCCO)c2ccccc2)cc1. The first-order valence-corrected chi connectivity index (χ1v) is 11.2. The lowest BCUT2D eigenvalue weighted by Crippen LogP contribution is -2.45. The normalized spacial score (nSPS) is 11.4. The summed E-state index contributed by atoms with van der Waals surface area (Å²) in [6.45, 7) is 0.265. The van der Waals surface area contributed by atoms with Gasteiger partial charge in [0.2, 0.25) is 5.91 Å². The Labute approximate surface area is 199 Å². The molecule has 7 heteroatoms. The number of methoxy groups -OCH3 is 1. The Morgan fingerprint density at radius 2 is 1.56 bits per heavy atom. The zero-order valence-electron chi connectivity index (χ0n) is 19.2. The van der Waals surface area contributed by atoms with Crippen LogP contribution in [0.15, 0.2) is 84.9 Å². The van der Waals surface area contributed by atoms with E-state index < -0.39 is 6.04 Å². The fraction of sp³-hybridized carbons (Fsp3) is 0.259. The third-order valence-corrected chi connectivity index (χ3v) is 5.25. The molecule has 0 aliphatic heterocycles. The van der Waals surface area contributed by atoms with E-state index in [0.717, 1.165) is 5.56 Å². The number of aliphatic hydroxyl groups excluding tert-OH is 1. The Kier molecular flexibility index (Phi) is 9.49. The van der Waals surface area contributed by atoms with Gasteiger partial charge in [-0.05, 0) is 41.8 Å². The van der Waals surface area contributed by atoms with Crippen molar-refractivity contribution in [1.29, 1.82) is 0 Å². The first kappa shape index (κ1) is 24.8. The second kappa shape index (κ2) is 13.0. The molecule has 0 saturated heterocycles. The van der Waals surface area contributed by atoms with E-state index in [1.807, 2.05) is 72.8 Å². The third kappa shape index (κ3) is 7.08. The minimum Gasteiger partial charge on any atom is -0.497 e. The highest BCUT2D eigenvalue weighted by atomic mass is 16.5. The van der Waals surface area contributed by atoms with Crippen LogP contribution >= 0.6 is 0 Å². The van der Waals surface area contributed by atoms with Crippen molar-refractivity contribution in [2.75, 3.05) is 26.9 Å². The van der Waals surface area contributed by atoms with Gasteiger partial charge in [0.25, 0.3) is 5.91 Å². The summed E-state index contributed by atoms with van der Waals surface area (Å²) in [5.74, 6) is 0.631. The van der Waals surface area contributed by atoms with Gasteiger partial charge in [-0.15, -0.1) is 0 Å². The molecule has 3 rings (SSSR count). The molecule has 0 unspecified atom stereocenters. The summed E-state index contributed by atoms with van der Waals surface area (Å²) in [4.78, 5) is 28.3. The number of hydrogen-bond acceptors (Lipinski definition) is 5. The molecule has 0 saturated carbocycles. The summed E-state index contributed by atoms with van der Waals surface area (Å²) in [5.41, 5.74) is 1.53. The predicted molar refractivity (Wildman–Crippen MR) is 129 cm³/mol. The van der Waals surface area contributed by atoms with Crippen molar-refractivity contribution in [2.24, 2.45) is 0 Å². The number of para-hydroxylation sites is 1. The second-order valence-electron chi connectivity index (χ2n) is 7.65. The maximum atomic E-state index is 13.4. The number of amides is 2. The van der Waals surface area contributed by atoms with Crippen LogP contribution < -0.4 is 14.8 Å². The Bertz CT molecular complexity index is 1030. The van der Waals surface area contributed by atoms with Crippen LogP contribution in [-0.2, 0) is 16.1 Å². The van der Waals surface area contributed by atoms with Gasteiger partial charge in [-0.2, -0.15) is 0 Å². The minimum atomic E-state index is -0.867. The van der Waals surface area contributed by atoms with E-state index in [-0.39, 0.29) is 31.6 Å². The number of ether oxygens (including phenoxy) is 2. The molecule has 0 spiro atoms. The standard InChI is InChI=1S/C27H30N2O5/c1-33-23-15-13-21(14-16-23)19-29(25(31)20-34-24-11-6-3-7-12-24)26(22-9-4-2-5-10-22)27(32)28-17-8-18-30/h2-7,9-16,26,30H,8,17-20H2,1H3,(H,28,32)/t26-/m0/s1. The van der Waals surface area contributed by atoms with Crippen LogP contribution in [0.1, 0.15) is 23.6 Å². The highest BCUT2D eigenvalue weighted by Crippen LogP contribution is 2.25. The van der Waals surface area contributed by atoms with E-state index in [2.05, 4.69) is 5.32 Å². The first-order valence-electron chi connectivity index (χ1n) is 11.2. The van der Waals surface area contributed by atoms with Gasteiger partial charge < -0.3 is 24.8 Å². The molecule has 1 atom stereocenters. The van der Waals surface area contributed by atoms with Crippen molar-refractivity contribution in [3.63, 3.8) is 0 Å². The maximum absolute atomic E-state index is 13.4. The molecule has 0 heterocycles. The fourth-order valence-electron chi connectivity index (χ4n) is 3.49. The maximum Gasteiger partial charge on any atom is 0.261 e. The van der Waals surface area contributed by atoms with E-state index >= 15 is 0 Å². The average Bonchev–Trinajstić information content (AvgIpc) is 2.88. The van der Waals surface area contributed by atoms with Crippen molar-refractivity contribution in [3.8, 4) is 11.5 Å². The molecule has 34 heavy (non-hydrogen) atoms. The molecule has 3 aromatic carbocycles. The van der Waals surface area contributed by atoms with Gasteiger partial charge in [0.05, 0.1) is 7.11 Å². The molecule has 0 aliphatic carbocycles. The van der Waals surface area contributed by atoms with Crippen LogP contribution in [0, 0.1) is 0 Å². The summed E-state index contributed by atoms with van der Waals surface area (Å²) in [7, 11) is 1.59. The third-order valence-electron chi connectivity index (χ3n) is 5.25. The van der Waals surface area contributed by atoms with Gasteiger partial charge in [-0.1, -0.05) is 60.7 Å². The molecule has 0 fully saturated rings. The van der Waals surface area contributed by atoms with Crippen LogP contribution in [0.3, 0.4) is 0 Å². The molecule has 0 radical (unpaired) electrons. The number of nitrogens with zero attached hydrogens (tertiary/aromatic N) is 1. The van der Waals surface area contributed by atoms with E-state index in [0.29, 0.717) is 30.0 Å². The Balaban J connectivity index is 1.90. The van der Waals surface area contributed by atoms with Crippen molar-refractivity contribution in [2.45, 2.75) is 19.0 Å². The Hall–Kier alpha value is -3.84. The van der Waals surface area contributed by atoms with Crippen LogP contribution in [-0.4, -0.2) is 48.7 Å². The Morgan fingerprint density at radius 3 is 2.18 bits per heavy atom. The molecule has 7 nitrogen and oxygen atoms in total. The molecule has 178 valence electrons. The van der Waals surface area contributed by atoms with Crippen LogP contribution in [0.4, 0.5) is 0 Å². The second-order valence-corrected chi connectivity index (χ2v) is 7.65. The van der Waals surface area contributed by atoms with Crippen molar-refractivity contribution in [1.82, 2.24) is 10.2 Å². The van der Waals surface area contributed by atoms with Crippen LogP contribution in [0.25, 0.3) is 0 Å². The van der Waals surface area contributed by atoms with Gasteiger partial charge in [0.15, 0.2) is 6.61 Å². The summed E-state index contributed by atoms with van der Waals surface area (Å²) in [6, 6.07) is 24.7. The van der Waals surface area contributed by atoms with E-state index in [9.17, 15) is 9.59 Å². The highest BCUT2D eigenvalue weighted by molar-refractivity contribution is 5.89. The molecule has 0 aliphatic rings. The molecule has 2 amide bonds. The number of benzene rings is 3. The van der Waals surface area contributed by atoms with Crippen LogP contribution in [0.2, 0.25) is 0 Å². The first-order chi connectivity index (χ1) is 16.6. The quantitative estimate of drug-likeness (QED) is 0.403. The van der Waals surface area contributed by atoms with Crippen molar-refractivity contribution < 1.29 is 24.2 Å². The van der Waals surface area contributed by atoms with Gasteiger partial charge in [0, 0.05) is 19.7 Å². The summed E-state index contributed by atoms with van der Waals surface area (Å²) >= 11 is 0. The summed E-state index contributed by atoms with van der Waals surface area (Å²) < 4.78 is 10.9. The zero-order chi connectivity index (χ0) is 24.2. The van der Waals surface area contributed by atoms with Crippen molar-refractivity contribution >= 4 is 11.8 Å². The molecule has 2 N–H and O–H groups in total. The smallest absolute Gasteiger partial charge is 0.261 e. The van der Waals surface area contributed by atoms with Gasteiger partial charge in [-0.25, -0.2) is 0 Å². The molecular formula is C27H30N2O5. The molecular weight excluding hydrogens is 432 g/mol. The van der Waals surface area contributed by atoms with Gasteiger partial charge in [-0.3, -0.25) is 9.59 Å². The van der Waals surface area contributed by atoms with E-state index in [4.69, 9.17) is 14.6 Å². The number of aliphatic hydroxyl groups is 1. The zero-order valence-corrected chi connectivity index (χ0v) is 19.2. The number of carbonyl (C=O) groups excluding carboxylic acids is 2. The highest BCUT2D eigenvalue weighted by Gasteiger charge is 2.31. The summed E-state index contributed by atoms with van der Waals surface area (Å²) in [5, 5.41) is 11.9. The number of carbonyl (C=O) groups is 2. The fourth-order valence-corrected chi connectivity index (χ4v) is 3.49. The van der Waals surface area contributed by atoms with Crippen molar-refractivity contribution in [3.05, 3.63) is 96.1 Å². The number of rotatable bonds is 12. The number of hydrogen-bond donors (Lipinski definition) is 2. The average molecular weight is 463 g/mol. The van der Waals surface area contributed by atoms with E-state index in [1.54, 1.807) is 19.2 Å². The molecule has 0 aromatic heterocycles. The lowest BCUT2D eigenvalue weighted by atomic mass is 10.0. The molecule has 0 bridgehead atoms.